The summed E-state index contributed by atoms with van der Waals surface area (Å²) >= 11 is 3.39. The van der Waals surface area contributed by atoms with Crippen LogP contribution < -0.4 is 5.32 Å². The minimum absolute atomic E-state index is 0.132. The molecule has 0 saturated heterocycles. The molecule has 23 heavy (non-hydrogen) atoms. The molecular weight excluding hydrogens is 431 g/mol. The van der Waals surface area contributed by atoms with Crippen LogP contribution in [0, 0.1) is 3.57 Å². The SMILES string of the molecule is O=C(CSc1nnc(Cn2cncn2)o1)Nc1ccc(I)cc1. The minimum Gasteiger partial charge on any atom is -0.414 e. The predicted octanol–water partition coefficient (Wildman–Crippen LogP) is 2.04. The van der Waals surface area contributed by atoms with Crippen LogP contribution >= 0.6 is 34.4 Å². The Morgan fingerprint density at radius 2 is 2.13 bits per heavy atom. The molecule has 0 unspecified atom stereocenters. The van der Waals surface area contributed by atoms with Gasteiger partial charge < -0.3 is 9.73 Å². The van der Waals surface area contributed by atoms with Crippen molar-refractivity contribution in [3.05, 3.63) is 46.4 Å². The van der Waals surface area contributed by atoms with Crippen LogP contribution in [0.1, 0.15) is 5.89 Å². The number of rotatable bonds is 6. The van der Waals surface area contributed by atoms with Gasteiger partial charge >= 0.3 is 0 Å². The summed E-state index contributed by atoms with van der Waals surface area (Å²) in [5.41, 5.74) is 0.758. The van der Waals surface area contributed by atoms with Crippen LogP contribution in [0.5, 0.6) is 0 Å². The van der Waals surface area contributed by atoms with Crippen LogP contribution in [0.15, 0.2) is 46.6 Å². The van der Waals surface area contributed by atoms with Crippen LogP contribution in [0.25, 0.3) is 0 Å². The van der Waals surface area contributed by atoms with Crippen LogP contribution in [0.2, 0.25) is 0 Å². The Bertz CT molecular complexity index is 774. The van der Waals surface area contributed by atoms with E-state index >= 15 is 0 Å². The van der Waals surface area contributed by atoms with Gasteiger partial charge in [0, 0.05) is 9.26 Å². The van der Waals surface area contributed by atoms with Gasteiger partial charge in [0.25, 0.3) is 5.22 Å². The largest absolute Gasteiger partial charge is 0.414 e. The molecule has 3 aromatic rings. The Labute approximate surface area is 149 Å². The molecular formula is C13H11IN6O2S. The standard InChI is InChI=1S/C13H11IN6O2S/c14-9-1-3-10(4-2-9)17-11(21)6-23-13-19-18-12(22-13)5-20-8-15-7-16-20/h1-4,7-8H,5-6H2,(H,17,21). The van der Waals surface area contributed by atoms with E-state index in [2.05, 4.69) is 48.2 Å². The van der Waals surface area contributed by atoms with Gasteiger partial charge in [-0.3, -0.25) is 4.79 Å². The molecule has 1 amide bonds. The number of hydrogen-bond acceptors (Lipinski definition) is 7. The highest BCUT2D eigenvalue weighted by Crippen LogP contribution is 2.17. The topological polar surface area (TPSA) is 98.7 Å². The van der Waals surface area contributed by atoms with E-state index < -0.39 is 0 Å². The number of thioether (sulfide) groups is 1. The number of aromatic nitrogens is 5. The molecule has 0 radical (unpaired) electrons. The van der Waals surface area contributed by atoms with Gasteiger partial charge in [0.05, 0.1) is 5.75 Å². The summed E-state index contributed by atoms with van der Waals surface area (Å²) < 4.78 is 8.13. The summed E-state index contributed by atoms with van der Waals surface area (Å²) in [6, 6.07) is 7.57. The van der Waals surface area contributed by atoms with Crippen molar-refractivity contribution >= 4 is 45.9 Å². The zero-order valence-corrected chi connectivity index (χ0v) is 14.7. The maximum atomic E-state index is 11.9. The van der Waals surface area contributed by atoms with Crippen molar-refractivity contribution in [2.45, 2.75) is 11.8 Å². The molecule has 0 aliphatic rings. The second-order valence-electron chi connectivity index (χ2n) is 4.40. The average molecular weight is 442 g/mol. The van der Waals surface area contributed by atoms with Gasteiger partial charge in [-0.15, -0.1) is 10.2 Å². The summed E-state index contributed by atoms with van der Waals surface area (Å²) in [6.07, 6.45) is 2.99. The zero-order valence-electron chi connectivity index (χ0n) is 11.7. The molecule has 0 fully saturated rings. The van der Waals surface area contributed by atoms with E-state index in [1.807, 2.05) is 24.3 Å². The van der Waals surface area contributed by atoms with E-state index in [4.69, 9.17) is 4.42 Å². The van der Waals surface area contributed by atoms with E-state index in [0.29, 0.717) is 17.7 Å². The second-order valence-corrected chi connectivity index (χ2v) is 6.57. The number of benzene rings is 1. The third kappa shape index (κ3) is 4.76. The van der Waals surface area contributed by atoms with Crippen molar-refractivity contribution in [3.63, 3.8) is 0 Å². The molecule has 2 heterocycles. The fraction of sp³-hybridized carbons (Fsp3) is 0.154. The molecule has 10 heteroatoms. The molecule has 0 atom stereocenters. The number of nitrogens with zero attached hydrogens (tertiary/aromatic N) is 5. The van der Waals surface area contributed by atoms with Crippen molar-refractivity contribution in [2.24, 2.45) is 0 Å². The van der Waals surface area contributed by atoms with E-state index in [1.54, 1.807) is 11.0 Å². The Kier molecular flexibility index (Phi) is 5.23. The molecule has 0 aliphatic carbocycles. The maximum Gasteiger partial charge on any atom is 0.277 e. The third-order valence-electron chi connectivity index (χ3n) is 2.67. The van der Waals surface area contributed by atoms with Crippen LogP contribution in [0.3, 0.4) is 0 Å². The average Bonchev–Trinajstić information content (AvgIpc) is 3.20. The third-order valence-corrected chi connectivity index (χ3v) is 4.20. The number of hydrogen-bond donors (Lipinski definition) is 1. The molecule has 0 aliphatic heterocycles. The predicted molar refractivity (Wildman–Crippen MR) is 91.9 cm³/mol. The van der Waals surface area contributed by atoms with Crippen molar-refractivity contribution in [1.29, 1.82) is 0 Å². The van der Waals surface area contributed by atoms with Gasteiger partial charge in [-0.1, -0.05) is 11.8 Å². The van der Waals surface area contributed by atoms with E-state index in [1.165, 1.54) is 18.1 Å². The highest BCUT2D eigenvalue weighted by atomic mass is 127. The first-order chi connectivity index (χ1) is 11.2. The van der Waals surface area contributed by atoms with E-state index in [0.717, 1.165) is 9.26 Å². The number of amides is 1. The highest BCUT2D eigenvalue weighted by Gasteiger charge is 2.10. The summed E-state index contributed by atoms with van der Waals surface area (Å²) in [6.45, 7) is 0.350. The zero-order chi connectivity index (χ0) is 16.1. The van der Waals surface area contributed by atoms with Crippen molar-refractivity contribution in [3.8, 4) is 0 Å². The van der Waals surface area contributed by atoms with E-state index in [9.17, 15) is 4.79 Å². The fourth-order valence-corrected chi connectivity index (χ4v) is 2.61. The molecule has 118 valence electrons. The highest BCUT2D eigenvalue weighted by molar-refractivity contribution is 14.1. The Morgan fingerprint density at radius 3 is 2.87 bits per heavy atom. The molecule has 0 bridgehead atoms. The lowest BCUT2D eigenvalue weighted by atomic mass is 10.3. The first-order valence-corrected chi connectivity index (χ1v) is 8.58. The monoisotopic (exact) mass is 442 g/mol. The number of carbonyl (C=O) groups is 1. The molecule has 8 nitrogen and oxygen atoms in total. The first kappa shape index (κ1) is 15.9. The molecule has 0 saturated carbocycles. The van der Waals surface area contributed by atoms with Crippen molar-refractivity contribution in [1.82, 2.24) is 25.0 Å². The normalized spacial score (nSPS) is 10.7. The van der Waals surface area contributed by atoms with E-state index in [-0.39, 0.29) is 11.7 Å². The molecule has 1 N–H and O–H groups in total. The number of nitrogens with one attached hydrogen (secondary N) is 1. The lowest BCUT2D eigenvalue weighted by Crippen LogP contribution is -2.13. The summed E-state index contributed by atoms with van der Waals surface area (Å²) in [5, 5.41) is 14.9. The molecule has 3 rings (SSSR count). The van der Waals surface area contributed by atoms with Crippen LogP contribution in [-0.2, 0) is 11.3 Å². The fourth-order valence-electron chi connectivity index (χ4n) is 1.67. The Hall–Kier alpha value is -1.95. The van der Waals surface area contributed by atoms with Gasteiger partial charge in [0.15, 0.2) is 0 Å². The van der Waals surface area contributed by atoms with Gasteiger partial charge in [-0.25, -0.2) is 9.67 Å². The van der Waals surface area contributed by atoms with Gasteiger partial charge in [-0.2, -0.15) is 5.10 Å². The van der Waals surface area contributed by atoms with Crippen molar-refractivity contribution in [2.75, 3.05) is 11.1 Å². The maximum absolute atomic E-state index is 11.9. The van der Waals surface area contributed by atoms with Crippen LogP contribution in [0.4, 0.5) is 5.69 Å². The first-order valence-electron chi connectivity index (χ1n) is 6.52. The molecule has 1 aromatic carbocycles. The summed E-state index contributed by atoms with van der Waals surface area (Å²) in [7, 11) is 0. The molecule has 2 aromatic heterocycles. The smallest absolute Gasteiger partial charge is 0.277 e. The molecule has 0 spiro atoms. The summed E-state index contributed by atoms with van der Waals surface area (Å²) in [4.78, 5) is 15.7. The quantitative estimate of drug-likeness (QED) is 0.461. The minimum atomic E-state index is -0.132. The number of carbonyl (C=O) groups excluding carboxylic acids is 1. The van der Waals surface area contributed by atoms with Crippen molar-refractivity contribution < 1.29 is 9.21 Å². The lowest BCUT2D eigenvalue weighted by molar-refractivity contribution is -0.113. The lowest BCUT2D eigenvalue weighted by Gasteiger charge is -2.03. The Balaban J connectivity index is 1.49. The van der Waals surface area contributed by atoms with Gasteiger partial charge in [-0.05, 0) is 46.9 Å². The van der Waals surface area contributed by atoms with Crippen LogP contribution in [-0.4, -0.2) is 36.6 Å². The number of anilines is 1. The number of halogens is 1. The second kappa shape index (κ2) is 7.55. The Morgan fingerprint density at radius 1 is 1.30 bits per heavy atom. The van der Waals surface area contributed by atoms with Gasteiger partial charge in [0.1, 0.15) is 19.2 Å². The summed E-state index contributed by atoms with van der Waals surface area (Å²) in [5.74, 6) is 0.472. The van der Waals surface area contributed by atoms with Gasteiger partial charge in [0.2, 0.25) is 11.8 Å².